The lowest BCUT2D eigenvalue weighted by molar-refractivity contribution is 0.00247. The van der Waals surface area contributed by atoms with Gasteiger partial charge in [-0.1, -0.05) is 17.7 Å². The SMILES string of the molecule is Cc1ccc(S(=O)(=O)OC2(CO)Cn3c(=O)ccc4ccc(F)c2c43)cc1. The van der Waals surface area contributed by atoms with Crippen LogP contribution in [0.2, 0.25) is 0 Å². The van der Waals surface area contributed by atoms with E-state index in [0.717, 1.165) is 5.56 Å². The highest BCUT2D eigenvalue weighted by Crippen LogP contribution is 2.42. The molecule has 4 rings (SSSR count). The molecule has 0 spiro atoms. The summed E-state index contributed by atoms with van der Waals surface area (Å²) < 4.78 is 46.9. The topological polar surface area (TPSA) is 85.6 Å². The molecule has 140 valence electrons. The number of aliphatic hydroxyl groups is 1. The van der Waals surface area contributed by atoms with Crippen molar-refractivity contribution in [2.75, 3.05) is 6.61 Å². The van der Waals surface area contributed by atoms with Gasteiger partial charge in [0.2, 0.25) is 0 Å². The lowest BCUT2D eigenvalue weighted by Gasteiger charge is -2.27. The van der Waals surface area contributed by atoms with E-state index in [1.165, 1.54) is 41.0 Å². The van der Waals surface area contributed by atoms with Crippen molar-refractivity contribution < 1.29 is 22.1 Å². The molecule has 6 nitrogen and oxygen atoms in total. The highest BCUT2D eigenvalue weighted by atomic mass is 32.2. The lowest BCUT2D eigenvalue weighted by atomic mass is 9.95. The Morgan fingerprint density at radius 1 is 1.15 bits per heavy atom. The van der Waals surface area contributed by atoms with E-state index in [1.54, 1.807) is 12.1 Å². The highest BCUT2D eigenvalue weighted by molar-refractivity contribution is 7.86. The maximum atomic E-state index is 14.7. The van der Waals surface area contributed by atoms with Crippen molar-refractivity contribution in [1.29, 1.82) is 0 Å². The molecule has 1 aliphatic heterocycles. The Hall–Kier alpha value is -2.55. The van der Waals surface area contributed by atoms with Crippen LogP contribution in [0.15, 0.2) is 58.2 Å². The Balaban J connectivity index is 1.90. The quantitative estimate of drug-likeness (QED) is 0.691. The van der Waals surface area contributed by atoms with Gasteiger partial charge >= 0.3 is 0 Å². The van der Waals surface area contributed by atoms with Crippen LogP contribution in [-0.2, 0) is 26.4 Å². The van der Waals surface area contributed by atoms with Gasteiger partial charge in [-0.2, -0.15) is 8.42 Å². The Morgan fingerprint density at radius 3 is 2.48 bits per heavy atom. The third-order valence-electron chi connectivity index (χ3n) is 4.80. The molecule has 1 aliphatic rings. The van der Waals surface area contributed by atoms with Crippen LogP contribution in [0.4, 0.5) is 4.39 Å². The minimum Gasteiger partial charge on any atom is -0.393 e. The number of aliphatic hydroxyl groups excluding tert-OH is 1. The first kappa shape index (κ1) is 17.8. The molecule has 1 atom stereocenters. The third-order valence-corrected chi connectivity index (χ3v) is 6.19. The van der Waals surface area contributed by atoms with E-state index in [-0.39, 0.29) is 22.5 Å². The van der Waals surface area contributed by atoms with Crippen molar-refractivity contribution in [2.24, 2.45) is 0 Å². The zero-order valence-electron chi connectivity index (χ0n) is 14.3. The van der Waals surface area contributed by atoms with Crippen molar-refractivity contribution in [2.45, 2.75) is 24.0 Å². The second-order valence-electron chi connectivity index (χ2n) is 6.62. The van der Waals surface area contributed by atoms with E-state index in [9.17, 15) is 22.7 Å². The van der Waals surface area contributed by atoms with E-state index in [1.807, 2.05) is 6.92 Å². The summed E-state index contributed by atoms with van der Waals surface area (Å²) in [5.41, 5.74) is -1.38. The number of pyridine rings is 1. The molecule has 2 aromatic carbocycles. The Bertz CT molecular complexity index is 1220. The van der Waals surface area contributed by atoms with Gasteiger partial charge in [0.15, 0.2) is 5.60 Å². The van der Waals surface area contributed by atoms with E-state index in [2.05, 4.69) is 0 Å². The Kier molecular flexibility index (Phi) is 3.95. The first-order valence-electron chi connectivity index (χ1n) is 8.23. The molecular weight excluding hydrogens is 373 g/mol. The van der Waals surface area contributed by atoms with Crippen LogP contribution < -0.4 is 5.56 Å². The van der Waals surface area contributed by atoms with Gasteiger partial charge in [-0.25, -0.2) is 4.39 Å². The Morgan fingerprint density at radius 2 is 1.81 bits per heavy atom. The predicted molar refractivity (Wildman–Crippen MR) is 96.4 cm³/mol. The minimum atomic E-state index is -4.32. The first-order valence-corrected chi connectivity index (χ1v) is 9.64. The lowest BCUT2D eigenvalue weighted by Crippen LogP contribution is -2.38. The fourth-order valence-corrected chi connectivity index (χ4v) is 4.65. The molecule has 0 bridgehead atoms. The summed E-state index contributed by atoms with van der Waals surface area (Å²) in [5.74, 6) is -0.743. The second-order valence-corrected chi connectivity index (χ2v) is 8.17. The van der Waals surface area contributed by atoms with E-state index in [0.29, 0.717) is 5.39 Å². The number of nitrogens with zero attached hydrogens (tertiary/aromatic N) is 1. The maximum Gasteiger partial charge on any atom is 0.297 e. The summed E-state index contributed by atoms with van der Waals surface area (Å²) in [4.78, 5) is 12.1. The van der Waals surface area contributed by atoms with E-state index < -0.39 is 33.7 Å². The van der Waals surface area contributed by atoms with Crippen molar-refractivity contribution in [3.8, 4) is 0 Å². The molecule has 0 radical (unpaired) electrons. The molecule has 3 aromatic rings. The van der Waals surface area contributed by atoms with Gasteiger partial charge in [0.1, 0.15) is 5.82 Å². The van der Waals surface area contributed by atoms with Crippen LogP contribution in [0.1, 0.15) is 11.1 Å². The van der Waals surface area contributed by atoms with Gasteiger partial charge in [0, 0.05) is 11.6 Å². The molecule has 0 aliphatic carbocycles. The molecule has 0 fully saturated rings. The number of rotatable bonds is 4. The van der Waals surface area contributed by atoms with Gasteiger partial charge < -0.3 is 9.67 Å². The minimum absolute atomic E-state index is 0.114. The first-order chi connectivity index (χ1) is 12.8. The second kappa shape index (κ2) is 5.98. The highest BCUT2D eigenvalue weighted by Gasteiger charge is 2.47. The fraction of sp³-hybridized carbons (Fsp3) is 0.211. The summed E-state index contributed by atoms with van der Waals surface area (Å²) in [7, 11) is -4.32. The van der Waals surface area contributed by atoms with Crippen LogP contribution in [0.5, 0.6) is 0 Å². The molecule has 0 saturated carbocycles. The van der Waals surface area contributed by atoms with Crippen LogP contribution in [-0.4, -0.2) is 24.7 Å². The molecule has 1 unspecified atom stereocenters. The van der Waals surface area contributed by atoms with Crippen molar-refractivity contribution in [3.05, 3.63) is 75.8 Å². The number of hydrogen-bond acceptors (Lipinski definition) is 5. The molecule has 2 heterocycles. The summed E-state index contributed by atoms with van der Waals surface area (Å²) in [6, 6.07) is 11.5. The predicted octanol–water partition coefficient (Wildman–Crippen LogP) is 2.06. The molecular formula is C19H16FNO5S. The van der Waals surface area contributed by atoms with Gasteiger partial charge in [0.05, 0.1) is 23.6 Å². The smallest absolute Gasteiger partial charge is 0.297 e. The number of aromatic nitrogens is 1. The average Bonchev–Trinajstić information content (AvgIpc) is 2.97. The zero-order chi connectivity index (χ0) is 19.4. The van der Waals surface area contributed by atoms with Crippen molar-refractivity contribution >= 4 is 21.0 Å². The molecule has 27 heavy (non-hydrogen) atoms. The summed E-state index contributed by atoms with van der Waals surface area (Å²) >= 11 is 0. The Labute approximate surface area is 154 Å². The van der Waals surface area contributed by atoms with Crippen LogP contribution >= 0.6 is 0 Å². The summed E-state index contributed by atoms with van der Waals surface area (Å²) in [6.45, 7) is 0.693. The maximum absolute atomic E-state index is 14.7. The van der Waals surface area contributed by atoms with Crippen LogP contribution in [0.25, 0.3) is 10.9 Å². The summed E-state index contributed by atoms with van der Waals surface area (Å²) in [5, 5.41) is 10.6. The molecule has 0 amide bonds. The number of benzene rings is 2. The number of aryl methyl sites for hydroxylation is 1. The average molecular weight is 389 g/mol. The zero-order valence-corrected chi connectivity index (χ0v) is 15.2. The van der Waals surface area contributed by atoms with Gasteiger partial charge in [-0.3, -0.25) is 8.98 Å². The largest absolute Gasteiger partial charge is 0.393 e. The number of hydrogen-bond donors (Lipinski definition) is 1. The number of halogens is 1. The van der Waals surface area contributed by atoms with Crippen molar-refractivity contribution in [3.63, 3.8) is 0 Å². The van der Waals surface area contributed by atoms with Crippen LogP contribution in [0.3, 0.4) is 0 Å². The molecule has 1 N–H and O–H groups in total. The molecule has 1 aromatic heterocycles. The standard InChI is InChI=1S/C19H16FNO5S/c1-12-2-6-14(7-3-12)27(24,25)26-19(11-22)10-21-16(23)9-5-13-4-8-15(20)17(19)18(13)21/h2-9,22H,10-11H2,1H3. The normalized spacial score (nSPS) is 18.9. The monoisotopic (exact) mass is 389 g/mol. The van der Waals surface area contributed by atoms with Gasteiger partial charge in [-0.05, 0) is 42.6 Å². The van der Waals surface area contributed by atoms with Gasteiger partial charge in [-0.15, -0.1) is 0 Å². The molecule has 0 saturated heterocycles. The van der Waals surface area contributed by atoms with E-state index >= 15 is 0 Å². The summed E-state index contributed by atoms with van der Waals surface area (Å²) in [6.07, 6.45) is 0. The molecule has 8 heteroatoms. The van der Waals surface area contributed by atoms with Crippen molar-refractivity contribution in [1.82, 2.24) is 4.57 Å². The van der Waals surface area contributed by atoms with E-state index in [4.69, 9.17) is 4.18 Å². The van der Waals surface area contributed by atoms with Gasteiger partial charge in [0.25, 0.3) is 15.7 Å². The third kappa shape index (κ3) is 2.68. The fourth-order valence-electron chi connectivity index (χ4n) is 3.48. The van der Waals surface area contributed by atoms with Crippen LogP contribution in [0, 0.1) is 12.7 Å².